The summed E-state index contributed by atoms with van der Waals surface area (Å²) in [6, 6.07) is 4.32. The number of hydrogen-bond donors (Lipinski definition) is 1. The molecule has 0 bridgehead atoms. The Labute approximate surface area is 116 Å². The topological polar surface area (TPSA) is 35.2 Å². The highest BCUT2D eigenvalue weighted by Crippen LogP contribution is 2.27. The maximum Gasteiger partial charge on any atom is 0.125 e. The number of ether oxygens (including phenoxy) is 1. The predicted octanol–water partition coefficient (Wildman–Crippen LogP) is 3.56. The van der Waals surface area contributed by atoms with Crippen LogP contribution < -0.4 is 10.5 Å². The molecule has 0 radical (unpaired) electrons. The molecule has 0 spiro atoms. The number of hydrogen-bond acceptors (Lipinski definition) is 2. The summed E-state index contributed by atoms with van der Waals surface area (Å²) in [5, 5.41) is 0. The van der Waals surface area contributed by atoms with Crippen LogP contribution in [0, 0.1) is 19.8 Å². The van der Waals surface area contributed by atoms with Crippen LogP contribution in [0.1, 0.15) is 37.0 Å². The van der Waals surface area contributed by atoms with Gasteiger partial charge >= 0.3 is 0 Å². The van der Waals surface area contributed by atoms with Crippen molar-refractivity contribution in [2.24, 2.45) is 11.7 Å². The number of thiocarbonyl (C=S) groups is 1. The van der Waals surface area contributed by atoms with Crippen LogP contribution in [-0.4, -0.2) is 11.6 Å². The Morgan fingerprint density at radius 3 is 2.56 bits per heavy atom. The lowest BCUT2D eigenvalue weighted by molar-refractivity contribution is 0.267. The van der Waals surface area contributed by atoms with E-state index in [-0.39, 0.29) is 0 Å². The SMILES string of the molecule is Cc1cc(C)c(OCC(C)C)c(CCC(N)=S)c1. The highest BCUT2D eigenvalue weighted by atomic mass is 32.1. The van der Waals surface area contributed by atoms with Crippen molar-refractivity contribution >= 4 is 17.2 Å². The average molecular weight is 265 g/mol. The zero-order valence-corrected chi connectivity index (χ0v) is 12.6. The van der Waals surface area contributed by atoms with Crippen molar-refractivity contribution in [3.8, 4) is 5.75 Å². The van der Waals surface area contributed by atoms with Crippen molar-refractivity contribution in [1.82, 2.24) is 0 Å². The molecule has 0 heterocycles. The lowest BCUT2D eigenvalue weighted by Crippen LogP contribution is -2.11. The van der Waals surface area contributed by atoms with Gasteiger partial charge in [-0.15, -0.1) is 0 Å². The van der Waals surface area contributed by atoms with Crippen molar-refractivity contribution in [3.63, 3.8) is 0 Å². The molecular formula is C15H23NOS. The second kappa shape index (κ2) is 6.74. The van der Waals surface area contributed by atoms with E-state index in [2.05, 4.69) is 39.8 Å². The first-order chi connectivity index (χ1) is 8.40. The van der Waals surface area contributed by atoms with Gasteiger partial charge in [0.15, 0.2) is 0 Å². The lowest BCUT2D eigenvalue weighted by atomic mass is 10.0. The molecule has 3 heteroatoms. The first-order valence-electron chi connectivity index (χ1n) is 6.41. The third-order valence-corrected chi connectivity index (χ3v) is 2.90. The summed E-state index contributed by atoms with van der Waals surface area (Å²) in [6.07, 6.45) is 1.58. The van der Waals surface area contributed by atoms with Gasteiger partial charge in [0.2, 0.25) is 0 Å². The smallest absolute Gasteiger partial charge is 0.125 e. The average Bonchev–Trinajstić information content (AvgIpc) is 2.24. The van der Waals surface area contributed by atoms with Crippen LogP contribution in [0.2, 0.25) is 0 Å². The molecular weight excluding hydrogens is 242 g/mol. The van der Waals surface area contributed by atoms with Crippen LogP contribution in [0.3, 0.4) is 0 Å². The summed E-state index contributed by atoms with van der Waals surface area (Å²) >= 11 is 4.95. The molecule has 2 N–H and O–H groups in total. The van der Waals surface area contributed by atoms with Gasteiger partial charge in [0.05, 0.1) is 11.6 Å². The number of nitrogens with two attached hydrogens (primary N) is 1. The molecule has 0 aromatic heterocycles. The van der Waals surface area contributed by atoms with Gasteiger partial charge < -0.3 is 10.5 Å². The predicted molar refractivity (Wildman–Crippen MR) is 81.4 cm³/mol. The van der Waals surface area contributed by atoms with Gasteiger partial charge in [-0.1, -0.05) is 43.8 Å². The number of rotatable bonds is 6. The van der Waals surface area contributed by atoms with Gasteiger partial charge in [-0.05, 0) is 37.3 Å². The van der Waals surface area contributed by atoms with E-state index in [1.54, 1.807) is 0 Å². The van der Waals surface area contributed by atoms with Crippen molar-refractivity contribution in [2.75, 3.05) is 6.61 Å². The monoisotopic (exact) mass is 265 g/mol. The van der Waals surface area contributed by atoms with E-state index in [9.17, 15) is 0 Å². The van der Waals surface area contributed by atoms with Gasteiger partial charge in [0.1, 0.15) is 5.75 Å². The van der Waals surface area contributed by atoms with Crippen molar-refractivity contribution in [2.45, 2.75) is 40.5 Å². The minimum Gasteiger partial charge on any atom is -0.493 e. The first kappa shape index (κ1) is 15.0. The van der Waals surface area contributed by atoms with Crippen molar-refractivity contribution < 1.29 is 4.74 Å². The van der Waals surface area contributed by atoms with Crippen LogP contribution in [0.4, 0.5) is 0 Å². The van der Waals surface area contributed by atoms with Gasteiger partial charge in [-0.25, -0.2) is 0 Å². The summed E-state index contributed by atoms with van der Waals surface area (Å²) in [5.74, 6) is 1.53. The first-order valence-corrected chi connectivity index (χ1v) is 6.82. The second-order valence-electron chi connectivity index (χ2n) is 5.24. The van der Waals surface area contributed by atoms with Crippen LogP contribution in [0.15, 0.2) is 12.1 Å². The van der Waals surface area contributed by atoms with Gasteiger partial charge in [-0.3, -0.25) is 0 Å². The fourth-order valence-electron chi connectivity index (χ4n) is 1.94. The molecule has 0 unspecified atom stereocenters. The minimum atomic E-state index is 0.522. The zero-order chi connectivity index (χ0) is 13.7. The molecule has 18 heavy (non-hydrogen) atoms. The molecule has 1 rings (SSSR count). The van der Waals surface area contributed by atoms with E-state index in [1.807, 2.05) is 0 Å². The molecule has 0 saturated carbocycles. The van der Waals surface area contributed by atoms with Gasteiger partial charge in [0.25, 0.3) is 0 Å². The Kier molecular flexibility index (Phi) is 5.60. The van der Waals surface area contributed by atoms with E-state index in [4.69, 9.17) is 22.7 Å². The van der Waals surface area contributed by atoms with E-state index < -0.39 is 0 Å². The Morgan fingerprint density at radius 2 is 2.00 bits per heavy atom. The highest BCUT2D eigenvalue weighted by molar-refractivity contribution is 7.80. The maximum atomic E-state index is 5.93. The molecule has 0 fully saturated rings. The van der Waals surface area contributed by atoms with Gasteiger partial charge in [-0.2, -0.15) is 0 Å². The van der Waals surface area contributed by atoms with Crippen LogP contribution >= 0.6 is 12.2 Å². The normalized spacial score (nSPS) is 10.7. The van der Waals surface area contributed by atoms with E-state index in [0.29, 0.717) is 10.9 Å². The molecule has 0 saturated heterocycles. The van der Waals surface area contributed by atoms with E-state index in [0.717, 1.165) is 25.2 Å². The summed E-state index contributed by atoms with van der Waals surface area (Å²) in [7, 11) is 0. The Bertz CT molecular complexity index is 427. The standard InChI is InChI=1S/C15H23NOS/c1-10(2)9-17-15-12(4)7-11(3)8-13(15)5-6-14(16)18/h7-8,10H,5-6,9H2,1-4H3,(H2,16,18). The molecule has 0 aliphatic rings. The summed E-state index contributed by atoms with van der Waals surface area (Å²) < 4.78 is 5.93. The van der Waals surface area contributed by atoms with Crippen molar-refractivity contribution in [3.05, 3.63) is 28.8 Å². The molecule has 0 amide bonds. The molecule has 1 aromatic rings. The third-order valence-electron chi connectivity index (χ3n) is 2.70. The second-order valence-corrected chi connectivity index (χ2v) is 5.77. The molecule has 0 aliphatic carbocycles. The maximum absolute atomic E-state index is 5.93. The molecule has 100 valence electrons. The molecule has 1 aromatic carbocycles. The van der Waals surface area contributed by atoms with Crippen LogP contribution in [-0.2, 0) is 6.42 Å². The summed E-state index contributed by atoms with van der Waals surface area (Å²) in [5.41, 5.74) is 9.23. The van der Waals surface area contributed by atoms with Crippen molar-refractivity contribution in [1.29, 1.82) is 0 Å². The minimum absolute atomic E-state index is 0.522. The molecule has 0 atom stereocenters. The Hall–Kier alpha value is -1.09. The van der Waals surface area contributed by atoms with E-state index in [1.165, 1.54) is 16.7 Å². The van der Waals surface area contributed by atoms with Crippen LogP contribution in [0.25, 0.3) is 0 Å². The van der Waals surface area contributed by atoms with Crippen LogP contribution in [0.5, 0.6) is 5.75 Å². The molecule has 0 aliphatic heterocycles. The quantitative estimate of drug-likeness (QED) is 0.799. The Morgan fingerprint density at radius 1 is 1.33 bits per heavy atom. The van der Waals surface area contributed by atoms with E-state index >= 15 is 0 Å². The number of aryl methyl sites for hydroxylation is 3. The summed E-state index contributed by atoms with van der Waals surface area (Å²) in [4.78, 5) is 0.559. The zero-order valence-electron chi connectivity index (χ0n) is 11.7. The number of benzene rings is 1. The fourth-order valence-corrected chi connectivity index (χ4v) is 2.04. The van der Waals surface area contributed by atoms with Gasteiger partial charge in [0, 0.05) is 6.42 Å². The molecule has 2 nitrogen and oxygen atoms in total. The third kappa shape index (κ3) is 4.65. The Balaban J connectivity index is 2.93. The lowest BCUT2D eigenvalue weighted by Gasteiger charge is -2.16. The summed E-state index contributed by atoms with van der Waals surface area (Å²) in [6.45, 7) is 9.23. The largest absolute Gasteiger partial charge is 0.493 e. The highest BCUT2D eigenvalue weighted by Gasteiger charge is 2.09. The fraction of sp³-hybridized carbons (Fsp3) is 0.533.